The number of nitrogens with zero attached hydrogens (tertiary/aromatic N) is 1. The lowest BCUT2D eigenvalue weighted by Crippen LogP contribution is -2.28. The van der Waals surface area contributed by atoms with Crippen LogP contribution in [-0.4, -0.2) is 42.8 Å². The van der Waals surface area contributed by atoms with E-state index in [9.17, 15) is 4.79 Å². The third kappa shape index (κ3) is 6.18. The summed E-state index contributed by atoms with van der Waals surface area (Å²) < 4.78 is 5.23. The van der Waals surface area contributed by atoms with Crippen molar-refractivity contribution in [1.29, 1.82) is 0 Å². The molecule has 0 aliphatic carbocycles. The normalized spacial score (nSPS) is 13.1. The number of ether oxygens (including phenoxy) is 1. The molecule has 0 fully saturated rings. The van der Waals surface area contributed by atoms with Gasteiger partial charge in [-0.2, -0.15) is 0 Å². The molecule has 0 amide bonds. The second-order valence-corrected chi connectivity index (χ2v) is 4.66. The van der Waals surface area contributed by atoms with Crippen molar-refractivity contribution < 1.29 is 14.6 Å². The number of aliphatic carboxylic acids is 1. The predicted octanol–water partition coefficient (Wildman–Crippen LogP) is 2.25. The molecule has 1 aromatic carbocycles. The second-order valence-electron chi connectivity index (χ2n) is 4.66. The number of rotatable bonds is 7. The highest BCUT2D eigenvalue weighted by Gasteiger charge is 2.05. The first-order chi connectivity index (χ1) is 9.01. The Morgan fingerprint density at radius 1 is 1.53 bits per heavy atom. The highest BCUT2D eigenvalue weighted by molar-refractivity contribution is 5.85. The minimum Gasteiger partial charge on any atom is -0.478 e. The molecule has 0 saturated carbocycles. The van der Waals surface area contributed by atoms with Crippen LogP contribution in [0.5, 0.6) is 0 Å². The van der Waals surface area contributed by atoms with Crippen molar-refractivity contribution in [1.82, 2.24) is 4.90 Å². The molecule has 1 aromatic rings. The van der Waals surface area contributed by atoms with Crippen LogP contribution in [0.1, 0.15) is 18.1 Å². The monoisotopic (exact) mass is 263 g/mol. The smallest absolute Gasteiger partial charge is 0.328 e. The summed E-state index contributed by atoms with van der Waals surface area (Å²) in [6.07, 6.45) is 2.94. The number of hydrogen-bond donors (Lipinski definition) is 1. The Bertz CT molecular complexity index is 443. The SMILES string of the molecule is COC(C)CN(C)Cc1cccc(/C=C/C(=O)O)c1. The van der Waals surface area contributed by atoms with Crippen molar-refractivity contribution in [3.05, 3.63) is 41.5 Å². The summed E-state index contributed by atoms with van der Waals surface area (Å²) in [6, 6.07) is 7.85. The van der Waals surface area contributed by atoms with Gasteiger partial charge in [0.15, 0.2) is 0 Å². The summed E-state index contributed by atoms with van der Waals surface area (Å²) in [6.45, 7) is 3.69. The standard InChI is InChI=1S/C15H21NO3/c1-12(19-3)10-16(2)11-14-6-4-5-13(9-14)7-8-15(17)18/h4-9,12H,10-11H2,1-3H3,(H,17,18)/b8-7+. The Morgan fingerprint density at radius 2 is 2.26 bits per heavy atom. The van der Waals surface area contributed by atoms with E-state index < -0.39 is 5.97 Å². The Kier molecular flexibility index (Phi) is 6.25. The largest absolute Gasteiger partial charge is 0.478 e. The lowest BCUT2D eigenvalue weighted by Gasteiger charge is -2.20. The van der Waals surface area contributed by atoms with Gasteiger partial charge in [-0.3, -0.25) is 4.90 Å². The summed E-state index contributed by atoms with van der Waals surface area (Å²) in [5.41, 5.74) is 2.05. The van der Waals surface area contributed by atoms with Crippen LogP contribution < -0.4 is 0 Å². The third-order valence-electron chi connectivity index (χ3n) is 2.79. The minimum atomic E-state index is -0.934. The summed E-state index contributed by atoms with van der Waals surface area (Å²) >= 11 is 0. The van der Waals surface area contributed by atoms with E-state index in [4.69, 9.17) is 9.84 Å². The zero-order valence-electron chi connectivity index (χ0n) is 11.7. The van der Waals surface area contributed by atoms with Gasteiger partial charge in [-0.25, -0.2) is 4.79 Å². The second kappa shape index (κ2) is 7.71. The Morgan fingerprint density at radius 3 is 2.89 bits per heavy atom. The molecule has 0 saturated heterocycles. The molecular weight excluding hydrogens is 242 g/mol. The van der Waals surface area contributed by atoms with Gasteiger partial charge in [-0.1, -0.05) is 24.3 Å². The maximum absolute atomic E-state index is 10.5. The molecule has 4 nitrogen and oxygen atoms in total. The fourth-order valence-corrected chi connectivity index (χ4v) is 1.85. The van der Waals surface area contributed by atoms with Gasteiger partial charge in [0.1, 0.15) is 0 Å². The van der Waals surface area contributed by atoms with Crippen LogP contribution in [0.15, 0.2) is 30.3 Å². The third-order valence-corrected chi connectivity index (χ3v) is 2.79. The first kappa shape index (κ1) is 15.4. The first-order valence-corrected chi connectivity index (χ1v) is 6.22. The van der Waals surface area contributed by atoms with Crippen LogP contribution >= 0.6 is 0 Å². The van der Waals surface area contributed by atoms with E-state index in [0.29, 0.717) is 0 Å². The van der Waals surface area contributed by atoms with E-state index in [1.165, 1.54) is 0 Å². The molecule has 0 aliphatic rings. The fraction of sp³-hybridized carbons (Fsp3) is 0.400. The number of likely N-dealkylation sites (N-methyl/N-ethyl adjacent to an activating group) is 1. The molecule has 19 heavy (non-hydrogen) atoms. The number of hydrogen-bond acceptors (Lipinski definition) is 3. The first-order valence-electron chi connectivity index (χ1n) is 6.22. The Balaban J connectivity index is 2.64. The quantitative estimate of drug-likeness (QED) is 0.767. The number of carboxylic acids is 1. The average molecular weight is 263 g/mol. The van der Waals surface area contributed by atoms with Crippen LogP contribution in [0.2, 0.25) is 0 Å². The summed E-state index contributed by atoms with van der Waals surface area (Å²) in [5.74, 6) is -0.934. The molecule has 1 N–H and O–H groups in total. The lowest BCUT2D eigenvalue weighted by atomic mass is 10.1. The van der Waals surface area contributed by atoms with Crippen molar-refractivity contribution in [2.24, 2.45) is 0 Å². The highest BCUT2D eigenvalue weighted by Crippen LogP contribution is 2.09. The van der Waals surface area contributed by atoms with Gasteiger partial charge >= 0.3 is 5.97 Å². The van der Waals surface area contributed by atoms with Gasteiger partial charge in [0.2, 0.25) is 0 Å². The Hall–Kier alpha value is -1.65. The van der Waals surface area contributed by atoms with Crippen LogP contribution in [0.4, 0.5) is 0 Å². The molecule has 0 bridgehead atoms. The molecule has 0 aliphatic heterocycles. The van der Waals surface area contributed by atoms with Crippen molar-refractivity contribution >= 4 is 12.0 Å². The van der Waals surface area contributed by atoms with Gasteiger partial charge in [0, 0.05) is 26.3 Å². The number of carboxylic acid groups (broad SMARTS) is 1. The highest BCUT2D eigenvalue weighted by atomic mass is 16.5. The van der Waals surface area contributed by atoms with Crippen LogP contribution in [-0.2, 0) is 16.1 Å². The maximum atomic E-state index is 10.5. The summed E-state index contributed by atoms with van der Waals surface area (Å²) in [4.78, 5) is 12.7. The van der Waals surface area contributed by atoms with E-state index in [0.717, 1.165) is 30.3 Å². The zero-order valence-corrected chi connectivity index (χ0v) is 11.7. The molecule has 0 radical (unpaired) electrons. The summed E-state index contributed by atoms with van der Waals surface area (Å²) in [7, 11) is 3.74. The van der Waals surface area contributed by atoms with Gasteiger partial charge in [0.05, 0.1) is 6.10 Å². The van der Waals surface area contributed by atoms with Crippen LogP contribution in [0.3, 0.4) is 0 Å². The zero-order chi connectivity index (χ0) is 14.3. The van der Waals surface area contributed by atoms with E-state index in [-0.39, 0.29) is 6.10 Å². The molecule has 1 rings (SSSR count). The molecular formula is C15H21NO3. The van der Waals surface area contributed by atoms with E-state index >= 15 is 0 Å². The van der Waals surface area contributed by atoms with Gasteiger partial charge < -0.3 is 9.84 Å². The van der Waals surface area contributed by atoms with Crippen molar-refractivity contribution in [3.63, 3.8) is 0 Å². The van der Waals surface area contributed by atoms with E-state index in [1.807, 2.05) is 38.2 Å². The minimum absolute atomic E-state index is 0.195. The topological polar surface area (TPSA) is 49.8 Å². The number of benzene rings is 1. The van der Waals surface area contributed by atoms with Crippen LogP contribution in [0, 0.1) is 0 Å². The van der Waals surface area contributed by atoms with Crippen molar-refractivity contribution in [3.8, 4) is 0 Å². The molecule has 4 heteroatoms. The van der Waals surface area contributed by atoms with Gasteiger partial charge in [-0.05, 0) is 31.2 Å². The van der Waals surface area contributed by atoms with E-state index in [2.05, 4.69) is 4.90 Å². The average Bonchev–Trinajstić information content (AvgIpc) is 2.36. The van der Waals surface area contributed by atoms with E-state index in [1.54, 1.807) is 13.2 Å². The molecule has 104 valence electrons. The molecule has 0 heterocycles. The fourth-order valence-electron chi connectivity index (χ4n) is 1.85. The van der Waals surface area contributed by atoms with Gasteiger partial charge in [-0.15, -0.1) is 0 Å². The molecule has 0 aromatic heterocycles. The number of carbonyl (C=O) groups is 1. The Labute approximate surface area is 114 Å². The summed E-state index contributed by atoms with van der Waals surface area (Å²) in [5, 5.41) is 8.61. The van der Waals surface area contributed by atoms with Crippen molar-refractivity contribution in [2.45, 2.75) is 19.6 Å². The predicted molar refractivity (Wildman–Crippen MR) is 75.9 cm³/mol. The molecule has 0 spiro atoms. The lowest BCUT2D eigenvalue weighted by molar-refractivity contribution is -0.131. The van der Waals surface area contributed by atoms with Crippen molar-refractivity contribution in [2.75, 3.05) is 20.7 Å². The molecule has 1 atom stereocenters. The van der Waals surface area contributed by atoms with Gasteiger partial charge in [0.25, 0.3) is 0 Å². The van der Waals surface area contributed by atoms with Crippen LogP contribution in [0.25, 0.3) is 6.08 Å². The maximum Gasteiger partial charge on any atom is 0.328 e. The molecule has 1 unspecified atom stereocenters. The number of methoxy groups -OCH3 is 1.